The quantitative estimate of drug-likeness (QED) is 0.734. The van der Waals surface area contributed by atoms with Gasteiger partial charge in [-0.1, -0.05) is 41.9 Å². The Morgan fingerprint density at radius 1 is 1.17 bits per heavy atom. The van der Waals surface area contributed by atoms with Gasteiger partial charge >= 0.3 is 0 Å². The molecule has 1 aromatic heterocycles. The number of carbonyl (C=O) groups excluding carboxylic acids is 1. The van der Waals surface area contributed by atoms with E-state index < -0.39 is 22.6 Å². The number of rotatable bonds is 4. The Balaban J connectivity index is 1.73. The van der Waals surface area contributed by atoms with Crippen LogP contribution in [0.1, 0.15) is 16.2 Å². The van der Waals surface area contributed by atoms with Gasteiger partial charge in [-0.2, -0.15) is 0 Å². The standard InChI is InChI=1S/C16H11ClF2N4O/c17-13-11(18)6-7-12(14(13)19)21-16(24)15-20-9-23(22-15)8-10-4-2-1-3-5-10/h1-7,9H,8H2,(H,21,24). The Hall–Kier alpha value is -2.80. The summed E-state index contributed by atoms with van der Waals surface area (Å²) in [6.07, 6.45) is 1.40. The van der Waals surface area contributed by atoms with Crippen LogP contribution in [0.5, 0.6) is 0 Å². The van der Waals surface area contributed by atoms with Gasteiger partial charge in [0, 0.05) is 0 Å². The molecule has 8 heteroatoms. The highest BCUT2D eigenvalue weighted by Gasteiger charge is 2.17. The first-order valence-electron chi connectivity index (χ1n) is 6.93. The molecule has 0 unspecified atom stereocenters. The van der Waals surface area contributed by atoms with E-state index in [1.807, 2.05) is 30.3 Å². The van der Waals surface area contributed by atoms with Crippen LogP contribution in [0.2, 0.25) is 5.02 Å². The average Bonchev–Trinajstić information content (AvgIpc) is 3.05. The molecule has 0 atom stereocenters. The molecule has 1 N–H and O–H groups in total. The van der Waals surface area contributed by atoms with Crippen LogP contribution in [0.25, 0.3) is 0 Å². The van der Waals surface area contributed by atoms with Crippen LogP contribution < -0.4 is 5.32 Å². The number of anilines is 1. The van der Waals surface area contributed by atoms with Gasteiger partial charge < -0.3 is 5.32 Å². The van der Waals surface area contributed by atoms with Crippen molar-refractivity contribution in [3.63, 3.8) is 0 Å². The fraction of sp³-hybridized carbons (Fsp3) is 0.0625. The number of aromatic nitrogens is 3. The van der Waals surface area contributed by atoms with E-state index in [-0.39, 0.29) is 11.5 Å². The molecule has 3 rings (SSSR count). The predicted octanol–water partition coefficient (Wildman–Crippen LogP) is 3.51. The van der Waals surface area contributed by atoms with Gasteiger partial charge in [0.1, 0.15) is 17.2 Å². The van der Waals surface area contributed by atoms with Gasteiger partial charge in [0.2, 0.25) is 5.82 Å². The van der Waals surface area contributed by atoms with Gasteiger partial charge in [-0.15, -0.1) is 5.10 Å². The van der Waals surface area contributed by atoms with E-state index in [1.165, 1.54) is 11.0 Å². The van der Waals surface area contributed by atoms with E-state index in [9.17, 15) is 13.6 Å². The van der Waals surface area contributed by atoms with Crippen molar-refractivity contribution in [3.05, 3.63) is 76.8 Å². The normalized spacial score (nSPS) is 10.6. The molecule has 3 aromatic rings. The van der Waals surface area contributed by atoms with Crippen LogP contribution >= 0.6 is 11.6 Å². The largest absolute Gasteiger partial charge is 0.317 e. The van der Waals surface area contributed by atoms with Crippen molar-refractivity contribution in [2.24, 2.45) is 0 Å². The Morgan fingerprint density at radius 2 is 1.92 bits per heavy atom. The van der Waals surface area contributed by atoms with Crippen molar-refractivity contribution >= 4 is 23.2 Å². The summed E-state index contributed by atoms with van der Waals surface area (Å²) in [7, 11) is 0. The zero-order valence-corrected chi connectivity index (χ0v) is 13.0. The molecule has 1 heterocycles. The highest BCUT2D eigenvalue weighted by Crippen LogP contribution is 2.25. The molecular weight excluding hydrogens is 338 g/mol. The van der Waals surface area contributed by atoms with Crippen molar-refractivity contribution in [2.45, 2.75) is 6.54 Å². The molecule has 0 aliphatic carbocycles. The highest BCUT2D eigenvalue weighted by molar-refractivity contribution is 6.31. The number of hydrogen-bond acceptors (Lipinski definition) is 3. The van der Waals surface area contributed by atoms with Crippen LogP contribution in [0, 0.1) is 11.6 Å². The Kier molecular flexibility index (Phi) is 4.52. The van der Waals surface area contributed by atoms with E-state index in [0.29, 0.717) is 6.54 Å². The monoisotopic (exact) mass is 348 g/mol. The lowest BCUT2D eigenvalue weighted by Gasteiger charge is -2.06. The lowest BCUT2D eigenvalue weighted by molar-refractivity contribution is 0.101. The molecule has 0 spiro atoms. The minimum Gasteiger partial charge on any atom is -0.317 e. The summed E-state index contributed by atoms with van der Waals surface area (Å²) in [4.78, 5) is 16.0. The third-order valence-electron chi connectivity index (χ3n) is 3.21. The molecule has 0 saturated heterocycles. The number of carbonyl (C=O) groups is 1. The van der Waals surface area contributed by atoms with Crippen LogP contribution in [0.4, 0.5) is 14.5 Å². The number of hydrogen-bond donors (Lipinski definition) is 1. The lowest BCUT2D eigenvalue weighted by atomic mass is 10.2. The molecular formula is C16H11ClF2N4O. The summed E-state index contributed by atoms with van der Waals surface area (Å²) < 4.78 is 28.4. The maximum atomic E-state index is 13.8. The summed E-state index contributed by atoms with van der Waals surface area (Å²) in [6, 6.07) is 11.5. The van der Waals surface area contributed by atoms with Crippen molar-refractivity contribution in [3.8, 4) is 0 Å². The van der Waals surface area contributed by atoms with E-state index in [1.54, 1.807) is 0 Å². The minimum atomic E-state index is -1.05. The summed E-state index contributed by atoms with van der Waals surface area (Å²) in [5.74, 6) is -2.81. The van der Waals surface area contributed by atoms with Crippen molar-refractivity contribution < 1.29 is 13.6 Å². The Morgan fingerprint density at radius 3 is 2.67 bits per heavy atom. The molecule has 0 saturated carbocycles. The molecule has 0 aliphatic heterocycles. The third-order valence-corrected chi connectivity index (χ3v) is 3.56. The summed E-state index contributed by atoms with van der Waals surface area (Å²) in [5, 5.41) is 5.62. The number of nitrogens with zero attached hydrogens (tertiary/aromatic N) is 3. The number of benzene rings is 2. The Labute approximate surface area is 140 Å². The van der Waals surface area contributed by atoms with Gasteiger partial charge in [0.25, 0.3) is 5.91 Å². The topological polar surface area (TPSA) is 59.8 Å². The Bertz CT molecular complexity index is 883. The second-order valence-electron chi connectivity index (χ2n) is 4.93. The molecule has 0 radical (unpaired) electrons. The molecule has 1 amide bonds. The smallest absolute Gasteiger partial charge is 0.295 e. The predicted molar refractivity (Wildman–Crippen MR) is 84.9 cm³/mol. The van der Waals surface area contributed by atoms with Crippen LogP contribution in [0.15, 0.2) is 48.8 Å². The van der Waals surface area contributed by atoms with Crippen LogP contribution in [-0.2, 0) is 6.54 Å². The number of halogens is 3. The van der Waals surface area contributed by atoms with E-state index >= 15 is 0 Å². The maximum absolute atomic E-state index is 13.8. The summed E-state index contributed by atoms with van der Waals surface area (Å²) in [6.45, 7) is 0.442. The van der Waals surface area contributed by atoms with Gasteiger partial charge in [0.15, 0.2) is 5.82 Å². The second-order valence-corrected chi connectivity index (χ2v) is 5.31. The zero-order valence-electron chi connectivity index (χ0n) is 12.2. The first-order valence-corrected chi connectivity index (χ1v) is 7.30. The highest BCUT2D eigenvalue weighted by atomic mass is 35.5. The SMILES string of the molecule is O=C(Nc1ccc(F)c(Cl)c1F)c1ncn(Cc2ccccc2)n1. The first-order chi connectivity index (χ1) is 11.5. The molecule has 0 bridgehead atoms. The van der Waals surface area contributed by atoms with Gasteiger partial charge in [0.05, 0.1) is 12.2 Å². The van der Waals surface area contributed by atoms with Crippen molar-refractivity contribution in [2.75, 3.05) is 5.32 Å². The zero-order chi connectivity index (χ0) is 17.1. The molecule has 0 aliphatic rings. The molecule has 122 valence electrons. The maximum Gasteiger partial charge on any atom is 0.295 e. The van der Waals surface area contributed by atoms with Crippen molar-refractivity contribution in [1.29, 1.82) is 0 Å². The van der Waals surface area contributed by atoms with Gasteiger partial charge in [-0.25, -0.2) is 18.4 Å². The van der Waals surface area contributed by atoms with E-state index in [4.69, 9.17) is 11.6 Å². The van der Waals surface area contributed by atoms with Gasteiger partial charge in [-0.05, 0) is 17.7 Å². The minimum absolute atomic E-state index is 0.134. The first kappa shape index (κ1) is 16.1. The lowest BCUT2D eigenvalue weighted by Crippen LogP contribution is -2.15. The number of amides is 1. The summed E-state index contributed by atoms with van der Waals surface area (Å²) in [5.41, 5.74) is 0.747. The molecule has 5 nitrogen and oxygen atoms in total. The van der Waals surface area contributed by atoms with E-state index in [0.717, 1.165) is 17.7 Å². The third kappa shape index (κ3) is 3.41. The molecule has 24 heavy (non-hydrogen) atoms. The fourth-order valence-corrected chi connectivity index (χ4v) is 2.21. The van der Waals surface area contributed by atoms with Gasteiger partial charge in [-0.3, -0.25) is 4.79 Å². The molecule has 2 aromatic carbocycles. The van der Waals surface area contributed by atoms with Crippen LogP contribution in [-0.4, -0.2) is 20.7 Å². The number of nitrogens with one attached hydrogen (secondary N) is 1. The fourth-order valence-electron chi connectivity index (χ4n) is 2.05. The average molecular weight is 349 g/mol. The summed E-state index contributed by atoms with van der Waals surface area (Å²) >= 11 is 5.47. The molecule has 0 fully saturated rings. The van der Waals surface area contributed by atoms with E-state index in [2.05, 4.69) is 15.4 Å². The van der Waals surface area contributed by atoms with Crippen molar-refractivity contribution in [1.82, 2.24) is 14.8 Å². The van der Waals surface area contributed by atoms with Crippen LogP contribution in [0.3, 0.4) is 0 Å². The second kappa shape index (κ2) is 6.76.